The number of pyridine rings is 1. The van der Waals surface area contributed by atoms with Crippen LogP contribution in [-0.4, -0.2) is 17.4 Å². The Balaban J connectivity index is 1.98. The van der Waals surface area contributed by atoms with Crippen molar-refractivity contribution in [2.75, 3.05) is 6.54 Å². The van der Waals surface area contributed by atoms with E-state index in [-0.39, 0.29) is 16.9 Å². The zero-order valence-corrected chi connectivity index (χ0v) is 10.8. The number of hydrogen-bond acceptors (Lipinski definition) is 2. The van der Waals surface area contributed by atoms with Crippen LogP contribution in [0.4, 0.5) is 0 Å². The van der Waals surface area contributed by atoms with Gasteiger partial charge in [-0.1, -0.05) is 25.8 Å². The molecule has 0 aliphatic heterocycles. The van der Waals surface area contributed by atoms with Crippen molar-refractivity contribution in [3.05, 3.63) is 34.2 Å². The fourth-order valence-electron chi connectivity index (χ4n) is 2.72. The molecular formula is C14H20N2O2. The molecule has 0 saturated heterocycles. The van der Waals surface area contributed by atoms with E-state index in [0.29, 0.717) is 12.2 Å². The van der Waals surface area contributed by atoms with E-state index in [4.69, 9.17) is 0 Å². The summed E-state index contributed by atoms with van der Waals surface area (Å²) in [5.41, 5.74) is 0.366. The molecule has 1 aliphatic rings. The normalized spacial score (nSPS) is 17.6. The molecule has 2 N–H and O–H groups in total. The van der Waals surface area contributed by atoms with Gasteiger partial charge in [-0.15, -0.1) is 0 Å². The molecule has 1 amide bonds. The molecule has 18 heavy (non-hydrogen) atoms. The molecule has 0 atom stereocenters. The number of hydrogen-bond donors (Lipinski definition) is 2. The molecule has 0 aromatic carbocycles. The van der Waals surface area contributed by atoms with Gasteiger partial charge in [0.25, 0.3) is 5.91 Å². The van der Waals surface area contributed by atoms with Crippen molar-refractivity contribution in [2.24, 2.45) is 5.41 Å². The minimum absolute atomic E-state index is 0.188. The molecule has 1 aromatic heterocycles. The van der Waals surface area contributed by atoms with Crippen LogP contribution in [0.25, 0.3) is 0 Å². The van der Waals surface area contributed by atoms with Crippen molar-refractivity contribution in [3.63, 3.8) is 0 Å². The predicted octanol–water partition coefficient (Wildman–Crippen LogP) is 2.08. The molecule has 1 saturated carbocycles. The summed E-state index contributed by atoms with van der Waals surface area (Å²) in [6.45, 7) is 2.89. The molecule has 0 bridgehead atoms. The van der Waals surface area contributed by atoms with E-state index in [1.54, 1.807) is 12.1 Å². The molecule has 1 fully saturated rings. The molecule has 98 valence electrons. The van der Waals surface area contributed by atoms with E-state index >= 15 is 0 Å². The van der Waals surface area contributed by atoms with Crippen LogP contribution >= 0.6 is 0 Å². The zero-order valence-electron chi connectivity index (χ0n) is 10.8. The Morgan fingerprint density at radius 1 is 1.39 bits per heavy atom. The number of amides is 1. The van der Waals surface area contributed by atoms with Gasteiger partial charge in [-0.25, -0.2) is 0 Å². The number of aromatic nitrogens is 1. The van der Waals surface area contributed by atoms with Gasteiger partial charge in [0.1, 0.15) is 5.69 Å². The summed E-state index contributed by atoms with van der Waals surface area (Å²) in [5.74, 6) is -0.188. The summed E-state index contributed by atoms with van der Waals surface area (Å²) < 4.78 is 0. The second-order valence-electron chi connectivity index (χ2n) is 5.17. The van der Waals surface area contributed by atoms with Gasteiger partial charge in [-0.2, -0.15) is 0 Å². The number of aromatic amines is 1. The summed E-state index contributed by atoms with van der Waals surface area (Å²) in [7, 11) is 0. The Kier molecular flexibility index (Phi) is 3.84. The van der Waals surface area contributed by atoms with E-state index in [0.717, 1.165) is 6.42 Å². The van der Waals surface area contributed by atoms with Crippen molar-refractivity contribution < 1.29 is 4.79 Å². The first-order chi connectivity index (χ1) is 8.65. The van der Waals surface area contributed by atoms with Gasteiger partial charge in [-0.3, -0.25) is 9.59 Å². The van der Waals surface area contributed by atoms with Crippen molar-refractivity contribution in [2.45, 2.75) is 39.0 Å². The van der Waals surface area contributed by atoms with Gasteiger partial charge in [0.05, 0.1) is 0 Å². The van der Waals surface area contributed by atoms with Gasteiger partial charge in [0, 0.05) is 12.6 Å². The smallest absolute Gasteiger partial charge is 0.267 e. The van der Waals surface area contributed by atoms with Crippen LogP contribution in [0, 0.1) is 5.41 Å². The highest BCUT2D eigenvalue weighted by Crippen LogP contribution is 2.40. The molecule has 1 heterocycles. The lowest BCUT2D eigenvalue weighted by Gasteiger charge is -2.27. The van der Waals surface area contributed by atoms with Crippen LogP contribution in [0.1, 0.15) is 49.5 Å². The Hall–Kier alpha value is -1.58. The third kappa shape index (κ3) is 2.81. The van der Waals surface area contributed by atoms with Crippen molar-refractivity contribution in [3.8, 4) is 0 Å². The molecular weight excluding hydrogens is 228 g/mol. The Morgan fingerprint density at radius 2 is 2.11 bits per heavy atom. The van der Waals surface area contributed by atoms with Crippen LogP contribution in [-0.2, 0) is 0 Å². The van der Waals surface area contributed by atoms with Crippen LogP contribution in [0.3, 0.4) is 0 Å². The summed E-state index contributed by atoms with van der Waals surface area (Å²) >= 11 is 0. The van der Waals surface area contributed by atoms with Crippen molar-refractivity contribution in [1.82, 2.24) is 10.3 Å². The van der Waals surface area contributed by atoms with Crippen LogP contribution in [0.5, 0.6) is 0 Å². The van der Waals surface area contributed by atoms with E-state index in [1.165, 1.54) is 31.7 Å². The number of H-pyrrole nitrogens is 1. The largest absolute Gasteiger partial charge is 0.350 e. The first kappa shape index (κ1) is 12.9. The maximum atomic E-state index is 11.9. The Bertz CT molecular complexity index is 473. The van der Waals surface area contributed by atoms with E-state index in [2.05, 4.69) is 17.2 Å². The average Bonchev–Trinajstić information content (AvgIpc) is 2.85. The van der Waals surface area contributed by atoms with E-state index < -0.39 is 0 Å². The predicted molar refractivity (Wildman–Crippen MR) is 70.6 cm³/mol. The van der Waals surface area contributed by atoms with Crippen LogP contribution in [0.2, 0.25) is 0 Å². The topological polar surface area (TPSA) is 62.0 Å². The number of carbonyl (C=O) groups is 1. The summed E-state index contributed by atoms with van der Waals surface area (Å²) in [6.07, 6.45) is 5.99. The quantitative estimate of drug-likeness (QED) is 0.857. The average molecular weight is 248 g/mol. The van der Waals surface area contributed by atoms with Gasteiger partial charge in [0.15, 0.2) is 0 Å². The maximum Gasteiger partial charge on any atom is 0.267 e. The summed E-state index contributed by atoms with van der Waals surface area (Å²) in [6, 6.07) is 4.63. The molecule has 0 unspecified atom stereocenters. The fraction of sp³-hybridized carbons (Fsp3) is 0.571. The third-order valence-corrected chi connectivity index (χ3v) is 4.05. The monoisotopic (exact) mass is 248 g/mol. The second-order valence-corrected chi connectivity index (χ2v) is 5.17. The van der Waals surface area contributed by atoms with Gasteiger partial charge in [0.2, 0.25) is 5.56 Å². The number of nitrogens with one attached hydrogen (secondary N) is 2. The molecule has 1 aromatic rings. The fourth-order valence-corrected chi connectivity index (χ4v) is 2.72. The molecule has 0 spiro atoms. The van der Waals surface area contributed by atoms with Crippen molar-refractivity contribution >= 4 is 5.91 Å². The minimum atomic E-state index is -0.242. The van der Waals surface area contributed by atoms with Gasteiger partial charge in [-0.05, 0) is 30.7 Å². The summed E-state index contributed by atoms with van der Waals surface area (Å²) in [5, 5.41) is 2.95. The summed E-state index contributed by atoms with van der Waals surface area (Å²) in [4.78, 5) is 25.6. The highest BCUT2D eigenvalue weighted by atomic mass is 16.2. The Morgan fingerprint density at radius 3 is 2.72 bits per heavy atom. The first-order valence-corrected chi connectivity index (χ1v) is 6.63. The lowest BCUT2D eigenvalue weighted by Crippen LogP contribution is -2.36. The van der Waals surface area contributed by atoms with Crippen LogP contribution in [0.15, 0.2) is 23.0 Å². The van der Waals surface area contributed by atoms with Gasteiger partial charge >= 0.3 is 0 Å². The lowest BCUT2D eigenvalue weighted by molar-refractivity contribution is 0.0923. The molecule has 1 aliphatic carbocycles. The molecule has 0 radical (unpaired) electrons. The Labute approximate surface area is 107 Å². The molecule has 2 rings (SSSR count). The van der Waals surface area contributed by atoms with Crippen molar-refractivity contribution in [1.29, 1.82) is 0 Å². The standard InChI is InChI=1S/C14H20N2O2/c1-2-14(8-3-4-9-14)10-15-13(18)11-6-5-7-12(17)16-11/h5-7H,2-4,8-10H2,1H3,(H,15,18)(H,16,17). The molecule has 4 nitrogen and oxygen atoms in total. The second kappa shape index (κ2) is 5.38. The van der Waals surface area contributed by atoms with Gasteiger partial charge < -0.3 is 10.3 Å². The maximum absolute atomic E-state index is 11.9. The number of rotatable bonds is 4. The molecule has 4 heteroatoms. The SMILES string of the molecule is CCC1(CNC(=O)c2cccc(=O)[nH]2)CCCC1. The van der Waals surface area contributed by atoms with E-state index in [9.17, 15) is 9.59 Å². The zero-order chi connectivity index (χ0) is 13.0. The lowest BCUT2D eigenvalue weighted by atomic mass is 9.83. The number of carbonyl (C=O) groups excluding carboxylic acids is 1. The van der Waals surface area contributed by atoms with Crippen LogP contribution < -0.4 is 10.9 Å². The minimum Gasteiger partial charge on any atom is -0.350 e. The highest BCUT2D eigenvalue weighted by Gasteiger charge is 2.32. The third-order valence-electron chi connectivity index (χ3n) is 4.05. The highest BCUT2D eigenvalue weighted by molar-refractivity contribution is 5.92. The van der Waals surface area contributed by atoms with E-state index in [1.807, 2.05) is 0 Å². The first-order valence-electron chi connectivity index (χ1n) is 6.63.